The molecule has 0 unspecified atom stereocenters. The molecule has 0 radical (unpaired) electrons. The van der Waals surface area contributed by atoms with Crippen LogP contribution in [0.4, 0.5) is 0 Å². The van der Waals surface area contributed by atoms with Crippen LogP contribution in [0.5, 0.6) is 0 Å². The zero-order valence-electron chi connectivity index (χ0n) is 53.9. The number of rotatable bonds is 40. The van der Waals surface area contributed by atoms with Gasteiger partial charge in [0, 0.05) is 92.7 Å². The fourth-order valence-electron chi connectivity index (χ4n) is 12.4. The van der Waals surface area contributed by atoms with Gasteiger partial charge >= 0.3 is 0 Å². The molecule has 10 heteroatoms. The molecular weight excluding hydrogens is 1260 g/mol. The van der Waals surface area contributed by atoms with Gasteiger partial charge in [0.25, 0.3) is 0 Å². The lowest BCUT2D eigenvalue weighted by Gasteiger charge is -2.15. The lowest BCUT2D eigenvalue weighted by molar-refractivity contribution is 0.608. The molecule has 1 aliphatic rings. The predicted octanol–water partition coefficient (Wildman–Crippen LogP) is 30.5. The van der Waals surface area contributed by atoms with Gasteiger partial charge in [-0.25, -0.2) is 0 Å². The number of thiophene rings is 9. The minimum Gasteiger partial charge on any atom is -0.140 e. The van der Waals surface area contributed by atoms with Crippen LogP contribution in [0.1, 0.15) is 243 Å². The van der Waals surface area contributed by atoms with Gasteiger partial charge in [-0.05, 0) is 203 Å². The van der Waals surface area contributed by atoms with Crippen LogP contribution >= 0.6 is 114 Å². The summed E-state index contributed by atoms with van der Waals surface area (Å²) in [5.41, 5.74) is 6.25. The van der Waals surface area contributed by atoms with Crippen LogP contribution in [0.15, 0.2) is 102 Å². The number of unbranched alkanes of at least 4 members (excludes halogenated alkanes) is 20. The molecule has 0 atom stereocenters. The first-order valence-electron chi connectivity index (χ1n) is 34.3. The number of hydrogen-bond donors (Lipinski definition) is 0. The quantitative estimate of drug-likeness (QED) is 0.0345. The van der Waals surface area contributed by atoms with Gasteiger partial charge in [-0.2, -0.15) is 0 Å². The fraction of sp³-hybridized carbons (Fsp3) is 0.487. The molecule has 9 aromatic heterocycles. The van der Waals surface area contributed by atoms with Crippen molar-refractivity contribution in [2.75, 3.05) is 0 Å². The summed E-state index contributed by atoms with van der Waals surface area (Å²) in [6.07, 6.45) is 46.4. The van der Waals surface area contributed by atoms with Crippen LogP contribution in [0.3, 0.4) is 0 Å². The van der Waals surface area contributed by atoms with Crippen molar-refractivity contribution in [1.82, 2.24) is 0 Å². The van der Waals surface area contributed by atoms with Crippen molar-refractivity contribution in [1.29, 1.82) is 0 Å². The van der Waals surface area contributed by atoms with E-state index in [1.807, 2.05) is 68.0 Å². The molecule has 0 nitrogen and oxygen atoms in total. The molecule has 0 N–H and O–H groups in total. The van der Waals surface area contributed by atoms with Crippen molar-refractivity contribution in [2.45, 2.75) is 247 Å². The molecule has 0 saturated carbocycles. The second-order valence-corrected chi connectivity index (χ2v) is 36.1. The Hall–Kier alpha value is -2.87. The molecule has 470 valence electrons. The van der Waals surface area contributed by atoms with Gasteiger partial charge in [0.2, 0.25) is 0 Å². The first kappa shape index (κ1) is 68.0. The van der Waals surface area contributed by atoms with Crippen LogP contribution in [-0.2, 0) is 32.1 Å². The Labute approximate surface area is 572 Å². The van der Waals surface area contributed by atoms with E-state index in [2.05, 4.69) is 184 Å². The summed E-state index contributed by atoms with van der Waals surface area (Å²) in [6.45, 7) is 13.8. The van der Waals surface area contributed by atoms with E-state index in [1.165, 1.54) is 279 Å². The molecule has 0 bridgehead atoms. The maximum absolute atomic E-state index is 2.60. The average molecular weight is 1360 g/mol. The summed E-state index contributed by atoms with van der Waals surface area (Å²) in [6, 6.07) is 34.3. The highest BCUT2D eigenvalue weighted by Crippen LogP contribution is 2.51. The van der Waals surface area contributed by atoms with Gasteiger partial charge in [0.1, 0.15) is 0 Å². The number of allylic oxidation sites excluding steroid dienone is 3. The van der Waals surface area contributed by atoms with Gasteiger partial charge < -0.3 is 0 Å². The Kier molecular flexibility index (Phi) is 27.8. The van der Waals surface area contributed by atoms with Crippen LogP contribution in [0.2, 0.25) is 0 Å². The molecule has 0 fully saturated rings. The van der Waals surface area contributed by atoms with E-state index < -0.39 is 0 Å². The summed E-state index contributed by atoms with van der Waals surface area (Å²) in [5.74, 6) is 0. The third kappa shape index (κ3) is 19.4. The van der Waals surface area contributed by atoms with E-state index in [4.69, 9.17) is 0 Å². The number of hydrogen-bond acceptors (Lipinski definition) is 10. The van der Waals surface area contributed by atoms with Gasteiger partial charge in [-0.15, -0.1) is 102 Å². The maximum Gasteiger partial charge on any atom is 0.0481 e. The standard InChI is InChI=1S/C78H98S10/c1-7-11-15-19-23-27-33-57-51-71(63-47-48-64(83-63)72-52-58(34-28-24-20-16-12-8-2)76(86-72)68-44-41-55(5)79-68)85-75(57)67-40-32-39-61(81-67)37-31-38-62-43-46-70(82-62)78-60(36-30-26-22-18-14-10-4)54-74(88-78)66-50-49-65(84-66)73-53-59(35-29-25-21-17-13-9-3)77(87-73)69-45-42-56(6)80-69/h39-54H,7-38H2,1-6H3. The molecule has 1 aliphatic heterocycles. The van der Waals surface area contributed by atoms with Crippen molar-refractivity contribution in [3.63, 3.8) is 0 Å². The monoisotopic (exact) mass is 1350 g/mol. The lowest BCUT2D eigenvalue weighted by atomic mass is 10.0. The second kappa shape index (κ2) is 36.0. The Morgan fingerprint density at radius 1 is 0.273 bits per heavy atom. The maximum atomic E-state index is 2.60. The molecule has 0 aromatic carbocycles. The van der Waals surface area contributed by atoms with Crippen molar-refractivity contribution >= 4 is 119 Å². The number of thioether (sulfide) groups is 1. The van der Waals surface area contributed by atoms with Crippen LogP contribution in [0, 0.1) is 13.8 Å². The van der Waals surface area contributed by atoms with Crippen molar-refractivity contribution in [3.8, 4) is 68.3 Å². The molecule has 0 saturated heterocycles. The molecule has 10 heterocycles. The van der Waals surface area contributed by atoms with E-state index in [1.54, 1.807) is 27.2 Å². The van der Waals surface area contributed by atoms with Crippen LogP contribution in [0.25, 0.3) is 73.2 Å². The highest BCUT2D eigenvalue weighted by atomic mass is 32.2. The summed E-state index contributed by atoms with van der Waals surface area (Å²) >= 11 is 20.3. The topological polar surface area (TPSA) is 0 Å². The minimum atomic E-state index is 1.04. The summed E-state index contributed by atoms with van der Waals surface area (Å²) in [7, 11) is 0. The van der Waals surface area contributed by atoms with Crippen molar-refractivity contribution in [2.24, 2.45) is 0 Å². The Morgan fingerprint density at radius 2 is 0.614 bits per heavy atom. The molecular formula is C78H98S10. The third-order valence-electron chi connectivity index (χ3n) is 17.4. The highest BCUT2D eigenvalue weighted by molar-refractivity contribution is 8.12. The summed E-state index contributed by atoms with van der Waals surface area (Å²) in [5, 5.41) is 0. The normalized spacial score (nSPS) is 12.8. The molecule has 9 aromatic rings. The Morgan fingerprint density at radius 3 is 1.00 bits per heavy atom. The minimum absolute atomic E-state index is 1.04. The molecule has 0 aliphatic carbocycles. The Bertz CT molecular complexity index is 3570. The smallest absolute Gasteiger partial charge is 0.0481 e. The highest BCUT2D eigenvalue weighted by Gasteiger charge is 2.23. The summed E-state index contributed by atoms with van der Waals surface area (Å²) in [4.78, 5) is 29.3. The van der Waals surface area contributed by atoms with E-state index in [0.717, 1.165) is 19.3 Å². The largest absolute Gasteiger partial charge is 0.140 e. The van der Waals surface area contributed by atoms with E-state index >= 15 is 0 Å². The van der Waals surface area contributed by atoms with Gasteiger partial charge in [-0.3, -0.25) is 0 Å². The van der Waals surface area contributed by atoms with E-state index in [0.29, 0.717) is 0 Å². The Balaban J connectivity index is 0.805. The van der Waals surface area contributed by atoms with Crippen molar-refractivity contribution in [3.05, 3.63) is 144 Å². The molecule has 88 heavy (non-hydrogen) atoms. The average Bonchev–Trinajstić information content (AvgIpc) is 2.42. The van der Waals surface area contributed by atoms with Crippen LogP contribution < -0.4 is 0 Å². The van der Waals surface area contributed by atoms with Gasteiger partial charge in [-0.1, -0.05) is 180 Å². The van der Waals surface area contributed by atoms with Crippen molar-refractivity contribution < 1.29 is 0 Å². The lowest BCUT2D eigenvalue weighted by Crippen LogP contribution is -1.92. The van der Waals surface area contributed by atoms with Gasteiger partial charge in [0.05, 0.1) is 0 Å². The predicted molar refractivity (Wildman–Crippen MR) is 411 cm³/mol. The fourth-order valence-corrected chi connectivity index (χ4v) is 24.1. The van der Waals surface area contributed by atoms with Gasteiger partial charge in [0.15, 0.2) is 0 Å². The third-order valence-corrected chi connectivity index (χ3v) is 30.1. The zero-order chi connectivity index (χ0) is 60.9. The zero-order valence-corrected chi connectivity index (χ0v) is 62.1. The summed E-state index contributed by atoms with van der Waals surface area (Å²) < 4.78 is 0. The van der Waals surface area contributed by atoms with E-state index in [-0.39, 0.29) is 0 Å². The first-order valence-corrected chi connectivity index (χ1v) is 42.5. The van der Waals surface area contributed by atoms with E-state index in [9.17, 15) is 0 Å². The number of aryl methyl sites for hydroxylation is 7. The molecule has 0 amide bonds. The SMILES string of the molecule is CCCCCCCCc1cc(-c2ccc(-c3cc(CCCCCCCC)c(-c4ccc(C)s4)s3)s2)sc1C1=CCC=C(CCCc2ccc(-c3sc(-c4ccc(-c5cc(CCCCCCCC)c(-c6ccc(C)s6)s5)s4)cc3CCCCCCCC)s2)S1. The second-order valence-electron chi connectivity index (χ2n) is 24.8. The first-order chi connectivity index (χ1) is 43.3. The molecule has 0 spiro atoms. The molecule has 10 rings (SSSR count). The van der Waals surface area contributed by atoms with Crippen LogP contribution in [-0.4, -0.2) is 0 Å².